The van der Waals surface area contributed by atoms with E-state index in [0.29, 0.717) is 50.2 Å². The van der Waals surface area contributed by atoms with Gasteiger partial charge in [-0.3, -0.25) is 14.4 Å². The van der Waals surface area contributed by atoms with E-state index in [9.17, 15) is 14.4 Å². The molecule has 1 atom stereocenters. The lowest BCUT2D eigenvalue weighted by Gasteiger charge is -2.36. The van der Waals surface area contributed by atoms with Gasteiger partial charge < -0.3 is 28.9 Å². The molecule has 0 N–H and O–H groups in total. The van der Waals surface area contributed by atoms with Gasteiger partial charge >= 0.3 is 0 Å². The normalized spacial score (nSPS) is 15.1. The molecular weight excluding hydrogens is 699 g/mol. The largest absolute Gasteiger partial charge is 0.492 e. The lowest BCUT2D eigenvalue weighted by Crippen LogP contribution is -2.43. The number of likely N-dealkylation sites (N-methyl/N-ethyl adjacent to an activating group) is 1. The SMILES string of the molecule is CCCCN(CCCC)C(=O)c1cc(-c2cc3c(cc2C(=O)N2Cc4ccccc4C[C@H]2C)CN(C(=O)Cc2ccc(OCCN(C)C)cc2)CC3)n(C)c1C. The first-order valence-electron chi connectivity index (χ1n) is 20.6. The van der Waals surface area contributed by atoms with Crippen molar-refractivity contribution in [3.8, 4) is 17.0 Å². The van der Waals surface area contributed by atoms with E-state index in [4.69, 9.17) is 4.74 Å². The van der Waals surface area contributed by atoms with E-state index in [1.165, 1.54) is 11.1 Å². The fourth-order valence-corrected chi connectivity index (χ4v) is 8.01. The van der Waals surface area contributed by atoms with Crippen LogP contribution >= 0.6 is 0 Å². The van der Waals surface area contributed by atoms with Crippen molar-refractivity contribution in [2.45, 2.75) is 91.8 Å². The average Bonchev–Trinajstić information content (AvgIpc) is 3.49. The van der Waals surface area contributed by atoms with Gasteiger partial charge in [0.25, 0.3) is 11.8 Å². The fraction of sp³-hybridized carbons (Fsp3) is 0.468. The Bertz CT molecular complexity index is 2010. The molecule has 2 aliphatic rings. The molecule has 0 aliphatic carbocycles. The van der Waals surface area contributed by atoms with Gasteiger partial charge in [0.15, 0.2) is 0 Å². The smallest absolute Gasteiger partial charge is 0.255 e. The van der Waals surface area contributed by atoms with Crippen molar-refractivity contribution in [1.29, 1.82) is 0 Å². The highest BCUT2D eigenvalue weighted by molar-refractivity contribution is 6.03. The maximum Gasteiger partial charge on any atom is 0.255 e. The summed E-state index contributed by atoms with van der Waals surface area (Å²) >= 11 is 0. The van der Waals surface area contributed by atoms with Crippen LogP contribution in [0.25, 0.3) is 11.3 Å². The first-order chi connectivity index (χ1) is 27.0. The van der Waals surface area contributed by atoms with E-state index in [0.717, 1.165) is 91.1 Å². The molecule has 3 aromatic carbocycles. The van der Waals surface area contributed by atoms with Crippen LogP contribution in [0.4, 0.5) is 0 Å². The summed E-state index contributed by atoms with van der Waals surface area (Å²) in [6.07, 6.45) is 5.76. The van der Waals surface area contributed by atoms with Gasteiger partial charge in [-0.15, -0.1) is 0 Å². The monoisotopic (exact) mass is 759 g/mol. The van der Waals surface area contributed by atoms with E-state index < -0.39 is 0 Å². The van der Waals surface area contributed by atoms with Crippen LogP contribution in [0.15, 0.2) is 66.7 Å². The lowest BCUT2D eigenvalue weighted by molar-refractivity contribution is -0.131. The van der Waals surface area contributed by atoms with Crippen LogP contribution in [-0.4, -0.2) is 94.8 Å². The molecular formula is C47H61N5O4. The maximum absolute atomic E-state index is 14.9. The molecule has 298 valence electrons. The van der Waals surface area contributed by atoms with Crippen molar-refractivity contribution >= 4 is 17.7 Å². The molecule has 1 aromatic heterocycles. The Morgan fingerprint density at radius 3 is 2.20 bits per heavy atom. The number of rotatable bonds is 15. The molecule has 0 fully saturated rings. The molecule has 9 nitrogen and oxygen atoms in total. The summed E-state index contributed by atoms with van der Waals surface area (Å²) in [5.74, 6) is 0.885. The average molecular weight is 760 g/mol. The molecule has 0 saturated heterocycles. The van der Waals surface area contributed by atoms with E-state index in [1.54, 1.807) is 0 Å². The summed E-state index contributed by atoms with van der Waals surface area (Å²) in [5, 5.41) is 0. The first kappa shape index (κ1) is 40.8. The first-order valence-corrected chi connectivity index (χ1v) is 20.6. The zero-order chi connectivity index (χ0) is 39.9. The summed E-state index contributed by atoms with van der Waals surface area (Å²) in [5.41, 5.74) is 9.43. The number of benzene rings is 3. The van der Waals surface area contributed by atoms with Crippen LogP contribution in [0.5, 0.6) is 5.75 Å². The number of aromatic nitrogens is 1. The highest BCUT2D eigenvalue weighted by Gasteiger charge is 2.32. The summed E-state index contributed by atoms with van der Waals surface area (Å²) < 4.78 is 7.93. The summed E-state index contributed by atoms with van der Waals surface area (Å²) in [6, 6.07) is 22.4. The van der Waals surface area contributed by atoms with Crippen molar-refractivity contribution in [2.75, 3.05) is 46.9 Å². The number of hydrogen-bond donors (Lipinski definition) is 0. The third kappa shape index (κ3) is 9.21. The maximum atomic E-state index is 14.9. The Morgan fingerprint density at radius 1 is 0.821 bits per heavy atom. The zero-order valence-corrected chi connectivity index (χ0v) is 34.7. The van der Waals surface area contributed by atoms with E-state index >= 15 is 0 Å². The second-order valence-corrected chi connectivity index (χ2v) is 16.0. The third-order valence-corrected chi connectivity index (χ3v) is 11.7. The lowest BCUT2D eigenvalue weighted by atomic mass is 9.89. The molecule has 0 radical (unpaired) electrons. The van der Waals surface area contributed by atoms with E-state index in [2.05, 4.69) is 54.5 Å². The molecule has 2 aliphatic heterocycles. The van der Waals surface area contributed by atoms with Gasteiger partial charge in [-0.05, 0) is 112 Å². The van der Waals surface area contributed by atoms with Gasteiger partial charge in [0, 0.05) is 74.9 Å². The summed E-state index contributed by atoms with van der Waals surface area (Å²) in [4.78, 5) is 50.8. The zero-order valence-electron chi connectivity index (χ0n) is 34.7. The minimum atomic E-state index is -0.0274. The predicted octanol–water partition coefficient (Wildman–Crippen LogP) is 7.70. The van der Waals surface area contributed by atoms with Gasteiger partial charge in [-0.1, -0.05) is 63.1 Å². The molecule has 9 heteroatoms. The number of ether oxygens (including phenoxy) is 1. The van der Waals surface area contributed by atoms with Gasteiger partial charge in [0.05, 0.1) is 12.0 Å². The second kappa shape index (κ2) is 18.4. The number of carbonyl (C=O) groups is 3. The van der Waals surface area contributed by atoms with Crippen molar-refractivity contribution in [3.05, 3.63) is 111 Å². The highest BCUT2D eigenvalue weighted by atomic mass is 16.5. The van der Waals surface area contributed by atoms with Crippen LogP contribution in [-0.2, 0) is 44.2 Å². The molecule has 0 spiro atoms. The molecule has 3 amide bonds. The topological polar surface area (TPSA) is 78.3 Å². The summed E-state index contributed by atoms with van der Waals surface area (Å²) in [6.45, 7) is 12.9. The van der Waals surface area contributed by atoms with Crippen LogP contribution in [0.2, 0.25) is 0 Å². The molecule has 56 heavy (non-hydrogen) atoms. The number of nitrogens with zero attached hydrogens (tertiary/aromatic N) is 5. The Hall–Kier alpha value is -4.89. The minimum absolute atomic E-state index is 0.0158. The van der Waals surface area contributed by atoms with E-state index in [-0.39, 0.29) is 23.8 Å². The van der Waals surface area contributed by atoms with Crippen molar-refractivity contribution in [3.63, 3.8) is 0 Å². The molecule has 4 aromatic rings. The second-order valence-electron chi connectivity index (χ2n) is 16.0. The number of hydrogen-bond acceptors (Lipinski definition) is 5. The Kier molecular flexibility index (Phi) is 13.4. The number of amides is 3. The molecule has 0 saturated carbocycles. The molecule has 0 bridgehead atoms. The Labute approximate surface area is 334 Å². The quantitative estimate of drug-likeness (QED) is 0.124. The van der Waals surface area contributed by atoms with Crippen LogP contribution in [0, 0.1) is 6.92 Å². The van der Waals surface area contributed by atoms with Crippen molar-refractivity contribution < 1.29 is 19.1 Å². The standard InChI is InChI=1S/C47H61N5O4/c1-8-10-21-50(22-11-9-2)46(54)41-30-44(49(7)34(41)4)42-28-37-20-23-51(45(53)27-35-16-18-40(19-17-35)56-25-24-48(5)6)31-39(37)29-43(42)47(55)52-32-38-15-13-12-14-36(38)26-33(52)3/h12-19,28-30,33H,8-11,20-27,31-32H2,1-7H3/t33-/m1/s1. The van der Waals surface area contributed by atoms with Crippen LogP contribution < -0.4 is 4.74 Å². The Balaban J connectivity index is 1.31. The van der Waals surface area contributed by atoms with Crippen molar-refractivity contribution in [2.24, 2.45) is 7.05 Å². The molecule has 3 heterocycles. The van der Waals surface area contributed by atoms with Gasteiger partial charge in [0.1, 0.15) is 12.4 Å². The number of fused-ring (bicyclic) bond motifs is 2. The predicted molar refractivity (Wildman–Crippen MR) is 224 cm³/mol. The Morgan fingerprint density at radius 2 is 1.52 bits per heavy atom. The van der Waals surface area contributed by atoms with Gasteiger partial charge in [-0.25, -0.2) is 0 Å². The van der Waals surface area contributed by atoms with Gasteiger partial charge in [-0.2, -0.15) is 0 Å². The fourth-order valence-electron chi connectivity index (χ4n) is 8.01. The van der Waals surface area contributed by atoms with E-state index in [1.807, 2.05) is 85.2 Å². The van der Waals surface area contributed by atoms with Crippen molar-refractivity contribution in [1.82, 2.24) is 24.2 Å². The minimum Gasteiger partial charge on any atom is -0.492 e. The van der Waals surface area contributed by atoms with Crippen LogP contribution in [0.3, 0.4) is 0 Å². The summed E-state index contributed by atoms with van der Waals surface area (Å²) in [7, 11) is 6.04. The van der Waals surface area contributed by atoms with Crippen LogP contribution in [0.1, 0.15) is 101 Å². The third-order valence-electron chi connectivity index (χ3n) is 11.7. The number of carbonyl (C=O) groups excluding carboxylic acids is 3. The molecule has 0 unspecified atom stereocenters. The molecule has 6 rings (SSSR count). The van der Waals surface area contributed by atoms with Gasteiger partial charge in [0.2, 0.25) is 5.91 Å². The number of unbranched alkanes of at least 4 members (excludes halogenated alkanes) is 2. The highest BCUT2D eigenvalue weighted by Crippen LogP contribution is 2.35.